The molecule has 1 aliphatic heterocycles. The minimum atomic E-state index is -0.434. The first-order chi connectivity index (χ1) is 10.1. The highest BCUT2D eigenvalue weighted by Crippen LogP contribution is 2.18. The summed E-state index contributed by atoms with van der Waals surface area (Å²) in [4.78, 5) is 22.0. The summed E-state index contributed by atoms with van der Waals surface area (Å²) in [5.74, 6) is -0.118. The largest absolute Gasteiger partial charge is 0.364 e. The normalized spacial score (nSPS) is 21.2. The van der Waals surface area contributed by atoms with Crippen molar-refractivity contribution < 1.29 is 14.5 Å². The third-order valence-electron chi connectivity index (χ3n) is 3.52. The molecule has 21 heavy (non-hydrogen) atoms. The van der Waals surface area contributed by atoms with E-state index in [9.17, 15) is 14.9 Å². The Bertz CT molecular complexity index is 503. The van der Waals surface area contributed by atoms with Gasteiger partial charge in [0.15, 0.2) is 0 Å². The first kappa shape index (κ1) is 15.4. The number of hydrogen-bond acceptors (Lipinski definition) is 5. The molecule has 1 aliphatic rings. The number of nitrogens with two attached hydrogens (primary N) is 1. The molecule has 0 radical (unpaired) electrons. The summed E-state index contributed by atoms with van der Waals surface area (Å²) >= 11 is 0. The lowest BCUT2D eigenvalue weighted by atomic mass is 10.1. The fraction of sp³-hybridized carbons (Fsp3) is 0.500. The molecule has 7 heteroatoms. The summed E-state index contributed by atoms with van der Waals surface area (Å²) in [5.41, 5.74) is 6.50. The molecule has 1 fully saturated rings. The average Bonchev–Trinajstić information content (AvgIpc) is 2.96. The molecule has 1 aromatic rings. The van der Waals surface area contributed by atoms with Gasteiger partial charge in [0.05, 0.1) is 11.0 Å². The molecule has 114 valence electrons. The zero-order valence-electron chi connectivity index (χ0n) is 11.7. The standard InChI is InChI=1S/C14H19N3O4/c15-9-12-5-6-13(21-12)14(18)16-8-7-10-1-3-11(4-2-10)17(19)20/h1-4,12-13H,5-9,15H2,(H,16,18). The summed E-state index contributed by atoms with van der Waals surface area (Å²) < 4.78 is 5.51. The Hall–Kier alpha value is -1.99. The summed E-state index contributed by atoms with van der Waals surface area (Å²) in [6.07, 6.45) is 1.71. The van der Waals surface area contributed by atoms with Crippen molar-refractivity contribution in [3.63, 3.8) is 0 Å². The number of nitro benzene ring substituents is 1. The second kappa shape index (κ2) is 7.14. The first-order valence-corrected chi connectivity index (χ1v) is 6.96. The Morgan fingerprint density at radius 2 is 2.10 bits per heavy atom. The van der Waals surface area contributed by atoms with E-state index in [0.29, 0.717) is 25.9 Å². The number of non-ortho nitro benzene ring substituents is 1. The van der Waals surface area contributed by atoms with E-state index in [1.165, 1.54) is 12.1 Å². The van der Waals surface area contributed by atoms with E-state index in [0.717, 1.165) is 12.0 Å². The zero-order chi connectivity index (χ0) is 15.2. The van der Waals surface area contributed by atoms with Crippen LogP contribution in [0.25, 0.3) is 0 Å². The lowest BCUT2D eigenvalue weighted by Crippen LogP contribution is -2.36. The van der Waals surface area contributed by atoms with Gasteiger partial charge in [0.1, 0.15) is 6.10 Å². The number of benzene rings is 1. The lowest BCUT2D eigenvalue weighted by Gasteiger charge is -2.12. The number of nitrogens with zero attached hydrogens (tertiary/aromatic N) is 1. The van der Waals surface area contributed by atoms with Crippen molar-refractivity contribution >= 4 is 11.6 Å². The van der Waals surface area contributed by atoms with Gasteiger partial charge < -0.3 is 15.8 Å². The van der Waals surface area contributed by atoms with Crippen LogP contribution in [0.2, 0.25) is 0 Å². The van der Waals surface area contributed by atoms with Crippen molar-refractivity contribution in [1.29, 1.82) is 0 Å². The summed E-state index contributed by atoms with van der Waals surface area (Å²) in [6, 6.07) is 6.31. The van der Waals surface area contributed by atoms with Crippen molar-refractivity contribution in [2.75, 3.05) is 13.1 Å². The Kier molecular flexibility index (Phi) is 5.24. The predicted molar refractivity (Wildman–Crippen MR) is 76.8 cm³/mol. The summed E-state index contributed by atoms with van der Waals surface area (Å²) in [7, 11) is 0. The highest BCUT2D eigenvalue weighted by molar-refractivity contribution is 5.81. The minimum absolute atomic E-state index is 0.0181. The monoisotopic (exact) mass is 293 g/mol. The Balaban J connectivity index is 1.74. The Morgan fingerprint density at radius 1 is 1.38 bits per heavy atom. The molecule has 2 atom stereocenters. The molecule has 7 nitrogen and oxygen atoms in total. The maximum atomic E-state index is 11.9. The Morgan fingerprint density at radius 3 is 2.67 bits per heavy atom. The van der Waals surface area contributed by atoms with Crippen molar-refractivity contribution in [3.8, 4) is 0 Å². The minimum Gasteiger partial charge on any atom is -0.364 e. The zero-order valence-corrected chi connectivity index (χ0v) is 11.7. The number of nitrogens with one attached hydrogen (secondary N) is 1. The van der Waals surface area contributed by atoms with Crippen molar-refractivity contribution in [3.05, 3.63) is 39.9 Å². The van der Waals surface area contributed by atoms with Crippen LogP contribution in [0.15, 0.2) is 24.3 Å². The van der Waals surface area contributed by atoms with Crippen molar-refractivity contribution in [1.82, 2.24) is 5.32 Å². The average molecular weight is 293 g/mol. The van der Waals surface area contributed by atoms with Gasteiger partial charge in [-0.3, -0.25) is 14.9 Å². The molecule has 0 bridgehead atoms. The van der Waals surface area contributed by atoms with Gasteiger partial charge in [-0.25, -0.2) is 0 Å². The van der Waals surface area contributed by atoms with Gasteiger partial charge in [-0.15, -0.1) is 0 Å². The molecule has 0 saturated carbocycles. The lowest BCUT2D eigenvalue weighted by molar-refractivity contribution is -0.384. The summed E-state index contributed by atoms with van der Waals surface area (Å²) in [5, 5.41) is 13.4. The second-order valence-corrected chi connectivity index (χ2v) is 5.02. The van der Waals surface area contributed by atoms with E-state index in [1.807, 2.05) is 0 Å². The van der Waals surface area contributed by atoms with Gasteiger partial charge in [0.25, 0.3) is 5.69 Å². The maximum absolute atomic E-state index is 11.9. The molecule has 3 N–H and O–H groups in total. The van der Waals surface area contributed by atoms with E-state index in [-0.39, 0.29) is 17.7 Å². The Labute approximate surface area is 122 Å². The molecular weight excluding hydrogens is 274 g/mol. The van der Waals surface area contributed by atoms with E-state index >= 15 is 0 Å². The van der Waals surface area contributed by atoms with Crippen LogP contribution in [0.4, 0.5) is 5.69 Å². The van der Waals surface area contributed by atoms with Crippen LogP contribution in [-0.2, 0) is 16.0 Å². The van der Waals surface area contributed by atoms with Gasteiger partial charge in [0.2, 0.25) is 5.91 Å². The number of hydrogen-bond donors (Lipinski definition) is 2. The van der Waals surface area contributed by atoms with Gasteiger partial charge in [-0.1, -0.05) is 12.1 Å². The van der Waals surface area contributed by atoms with Gasteiger partial charge in [-0.2, -0.15) is 0 Å². The molecule has 2 unspecified atom stereocenters. The fourth-order valence-corrected chi connectivity index (χ4v) is 2.30. The molecule has 0 aliphatic carbocycles. The molecule has 1 heterocycles. The van der Waals surface area contributed by atoms with Crippen LogP contribution in [0.3, 0.4) is 0 Å². The molecule has 0 aromatic heterocycles. The van der Waals surface area contributed by atoms with Crippen molar-refractivity contribution in [2.45, 2.75) is 31.5 Å². The first-order valence-electron chi connectivity index (χ1n) is 6.96. The maximum Gasteiger partial charge on any atom is 0.269 e. The predicted octanol–water partition coefficient (Wildman–Crippen LogP) is 0.760. The van der Waals surface area contributed by atoms with Crippen LogP contribution in [-0.4, -0.2) is 36.1 Å². The topological polar surface area (TPSA) is 107 Å². The van der Waals surface area contributed by atoms with E-state index in [4.69, 9.17) is 10.5 Å². The fourth-order valence-electron chi connectivity index (χ4n) is 2.30. The highest BCUT2D eigenvalue weighted by atomic mass is 16.6. The van der Waals surface area contributed by atoms with Crippen LogP contribution in [0.5, 0.6) is 0 Å². The molecule has 0 spiro atoms. The highest BCUT2D eigenvalue weighted by Gasteiger charge is 2.29. The van der Waals surface area contributed by atoms with Crippen LogP contribution in [0, 0.1) is 10.1 Å². The number of nitro groups is 1. The van der Waals surface area contributed by atoms with Gasteiger partial charge in [-0.05, 0) is 24.8 Å². The quantitative estimate of drug-likeness (QED) is 0.594. The van der Waals surface area contributed by atoms with Crippen LogP contribution >= 0.6 is 0 Å². The van der Waals surface area contributed by atoms with Crippen molar-refractivity contribution in [2.24, 2.45) is 5.73 Å². The van der Waals surface area contributed by atoms with Gasteiger partial charge in [0, 0.05) is 25.2 Å². The third-order valence-corrected chi connectivity index (χ3v) is 3.52. The summed E-state index contributed by atoms with van der Waals surface area (Å²) in [6.45, 7) is 0.913. The molecule has 1 aromatic carbocycles. The van der Waals surface area contributed by atoms with Gasteiger partial charge >= 0.3 is 0 Å². The van der Waals surface area contributed by atoms with E-state index < -0.39 is 11.0 Å². The molecule has 1 saturated heterocycles. The smallest absolute Gasteiger partial charge is 0.269 e. The number of ether oxygens (including phenoxy) is 1. The number of rotatable bonds is 6. The van der Waals surface area contributed by atoms with E-state index in [1.54, 1.807) is 12.1 Å². The molecular formula is C14H19N3O4. The van der Waals surface area contributed by atoms with Crippen LogP contribution < -0.4 is 11.1 Å². The number of carbonyl (C=O) groups is 1. The molecule has 1 amide bonds. The number of amides is 1. The van der Waals surface area contributed by atoms with Crippen LogP contribution in [0.1, 0.15) is 18.4 Å². The molecule has 2 rings (SSSR count). The van der Waals surface area contributed by atoms with E-state index in [2.05, 4.69) is 5.32 Å². The second-order valence-electron chi connectivity index (χ2n) is 5.02. The third kappa shape index (κ3) is 4.24. The SMILES string of the molecule is NCC1CCC(C(=O)NCCc2ccc([N+](=O)[O-])cc2)O1. The number of carbonyl (C=O) groups excluding carboxylic acids is 1.